The van der Waals surface area contributed by atoms with E-state index in [1.54, 1.807) is 24.5 Å². The monoisotopic (exact) mass is 466 g/mol. The van der Waals surface area contributed by atoms with Gasteiger partial charge in [-0.05, 0) is 30.7 Å². The number of carbonyl (C=O) groups excluding carboxylic acids is 1. The maximum absolute atomic E-state index is 11.1. The number of benzene rings is 1. The van der Waals surface area contributed by atoms with E-state index in [0.29, 0.717) is 42.2 Å². The van der Waals surface area contributed by atoms with Gasteiger partial charge in [0.25, 0.3) is 0 Å². The number of anilines is 3. The topological polar surface area (TPSA) is 122 Å². The number of morpholine rings is 1. The van der Waals surface area contributed by atoms with Gasteiger partial charge in [-0.25, -0.2) is 24.7 Å². The number of hydrogen-bond donors (Lipinski definition) is 2. The first-order chi connectivity index (χ1) is 16.1. The predicted octanol–water partition coefficient (Wildman–Crippen LogP) is 2.48. The van der Waals surface area contributed by atoms with E-state index in [1.807, 2.05) is 12.1 Å². The first kappa shape index (κ1) is 21.4. The number of ether oxygens (including phenoxy) is 1. The Kier molecular flexibility index (Phi) is 5.93. The highest BCUT2D eigenvalue weighted by atomic mass is 35.5. The molecule has 170 valence electrons. The molecule has 0 bridgehead atoms. The fourth-order valence-electron chi connectivity index (χ4n) is 4.13. The highest BCUT2D eigenvalue weighted by Gasteiger charge is 2.27. The lowest BCUT2D eigenvalue weighted by Gasteiger charge is -2.34. The van der Waals surface area contributed by atoms with E-state index in [0.717, 1.165) is 48.7 Å². The van der Waals surface area contributed by atoms with Crippen LogP contribution in [-0.2, 0) is 17.7 Å². The van der Waals surface area contributed by atoms with Crippen molar-refractivity contribution >= 4 is 35.0 Å². The summed E-state index contributed by atoms with van der Waals surface area (Å²) in [5.74, 6) is 2.22. The van der Waals surface area contributed by atoms with E-state index in [1.165, 1.54) is 0 Å². The molecule has 2 aromatic heterocycles. The van der Waals surface area contributed by atoms with Crippen LogP contribution in [0.4, 0.5) is 22.1 Å². The third kappa shape index (κ3) is 4.53. The van der Waals surface area contributed by atoms with Gasteiger partial charge in [-0.1, -0.05) is 11.6 Å². The van der Waals surface area contributed by atoms with Crippen molar-refractivity contribution in [2.24, 2.45) is 5.73 Å². The Balaban J connectivity index is 1.53. The molecule has 2 aliphatic heterocycles. The van der Waals surface area contributed by atoms with E-state index in [-0.39, 0.29) is 0 Å². The van der Waals surface area contributed by atoms with Crippen molar-refractivity contribution in [3.8, 4) is 11.4 Å². The number of nitrogens with two attached hydrogens (primary N) is 1. The van der Waals surface area contributed by atoms with Crippen LogP contribution in [0.5, 0.6) is 0 Å². The fourth-order valence-corrected chi connectivity index (χ4v) is 4.35. The number of rotatable bonds is 4. The molecule has 2 amide bonds. The Morgan fingerprint density at radius 1 is 1.00 bits per heavy atom. The van der Waals surface area contributed by atoms with Crippen molar-refractivity contribution in [3.63, 3.8) is 0 Å². The average Bonchev–Trinajstić information content (AvgIpc) is 2.84. The Morgan fingerprint density at radius 2 is 1.76 bits per heavy atom. The largest absolute Gasteiger partial charge is 0.378 e. The van der Waals surface area contributed by atoms with Crippen LogP contribution in [0.2, 0.25) is 5.15 Å². The van der Waals surface area contributed by atoms with Crippen LogP contribution in [0.15, 0.2) is 36.7 Å². The summed E-state index contributed by atoms with van der Waals surface area (Å²) in [7, 11) is 0. The van der Waals surface area contributed by atoms with Gasteiger partial charge in [0.1, 0.15) is 5.82 Å². The van der Waals surface area contributed by atoms with Crippen LogP contribution in [-0.4, -0.2) is 58.8 Å². The molecule has 0 atom stereocenters. The highest BCUT2D eigenvalue weighted by Crippen LogP contribution is 2.33. The van der Waals surface area contributed by atoms with E-state index in [2.05, 4.69) is 25.1 Å². The van der Waals surface area contributed by atoms with Crippen LogP contribution in [0.25, 0.3) is 11.4 Å². The predicted molar refractivity (Wildman–Crippen MR) is 126 cm³/mol. The molecule has 0 radical (unpaired) electrons. The number of nitrogens with one attached hydrogen (secondary N) is 1. The van der Waals surface area contributed by atoms with E-state index >= 15 is 0 Å². The fraction of sp³-hybridized carbons (Fsp3) is 0.318. The molecule has 2 aliphatic rings. The summed E-state index contributed by atoms with van der Waals surface area (Å²) in [5, 5.41) is 2.95. The lowest BCUT2D eigenvalue weighted by atomic mass is 10.0. The zero-order chi connectivity index (χ0) is 22.8. The Labute approximate surface area is 195 Å². The van der Waals surface area contributed by atoms with Crippen LogP contribution < -0.4 is 20.9 Å². The molecule has 3 aromatic rings. The second-order valence-electron chi connectivity index (χ2n) is 7.80. The van der Waals surface area contributed by atoms with E-state index in [4.69, 9.17) is 32.0 Å². The Hall–Kier alpha value is -3.50. The Morgan fingerprint density at radius 3 is 2.48 bits per heavy atom. The van der Waals surface area contributed by atoms with Crippen molar-refractivity contribution in [1.82, 2.24) is 19.9 Å². The number of amides is 2. The molecule has 3 N–H and O–H groups in total. The molecule has 1 aromatic carbocycles. The van der Waals surface area contributed by atoms with Gasteiger partial charge in [0, 0.05) is 48.8 Å². The van der Waals surface area contributed by atoms with Crippen molar-refractivity contribution in [2.45, 2.75) is 13.0 Å². The molecule has 10 nitrogen and oxygen atoms in total. The van der Waals surface area contributed by atoms with Gasteiger partial charge in [-0.3, -0.25) is 0 Å². The molecule has 11 heteroatoms. The third-order valence-electron chi connectivity index (χ3n) is 5.70. The minimum absolute atomic E-state index is 0.376. The molecule has 1 fully saturated rings. The van der Waals surface area contributed by atoms with Gasteiger partial charge in [0.2, 0.25) is 0 Å². The first-order valence-corrected chi connectivity index (χ1v) is 11.1. The van der Waals surface area contributed by atoms with Crippen molar-refractivity contribution < 1.29 is 9.53 Å². The van der Waals surface area contributed by atoms with Crippen LogP contribution in [0, 0.1) is 0 Å². The average molecular weight is 467 g/mol. The molecule has 0 unspecified atom stereocenters. The zero-order valence-corrected chi connectivity index (χ0v) is 18.6. The lowest BCUT2D eigenvalue weighted by molar-refractivity contribution is 0.122. The van der Waals surface area contributed by atoms with Crippen LogP contribution >= 0.6 is 11.6 Å². The van der Waals surface area contributed by atoms with Crippen LogP contribution in [0.3, 0.4) is 0 Å². The molecule has 0 spiro atoms. The number of urea groups is 1. The summed E-state index contributed by atoms with van der Waals surface area (Å²) in [6.07, 6.45) is 4.00. The minimum Gasteiger partial charge on any atom is -0.378 e. The maximum Gasteiger partial charge on any atom is 0.316 e. The van der Waals surface area contributed by atoms with Gasteiger partial charge in [-0.2, -0.15) is 0 Å². The smallest absolute Gasteiger partial charge is 0.316 e. The normalized spacial score (nSPS) is 15.8. The summed E-state index contributed by atoms with van der Waals surface area (Å²) in [5.41, 5.74) is 8.75. The molecular formula is C22H23ClN8O2. The molecule has 5 rings (SSSR count). The molecule has 0 aliphatic carbocycles. The van der Waals surface area contributed by atoms with E-state index in [9.17, 15) is 4.79 Å². The van der Waals surface area contributed by atoms with Crippen LogP contribution in [0.1, 0.15) is 11.3 Å². The molecular weight excluding hydrogens is 444 g/mol. The SMILES string of the molecule is NC(=O)Nc1ccc(-c2nc3c(c(N4CCOCC4)n2)CCN(c2nccnc2Cl)C3)cc1. The lowest BCUT2D eigenvalue weighted by Crippen LogP contribution is -2.39. The Bertz CT molecular complexity index is 1170. The third-order valence-corrected chi connectivity index (χ3v) is 5.97. The van der Waals surface area contributed by atoms with Gasteiger partial charge >= 0.3 is 6.03 Å². The van der Waals surface area contributed by atoms with Crippen molar-refractivity contribution in [3.05, 3.63) is 53.1 Å². The van der Waals surface area contributed by atoms with Gasteiger partial charge in [0.15, 0.2) is 16.8 Å². The first-order valence-electron chi connectivity index (χ1n) is 10.7. The maximum atomic E-state index is 11.1. The van der Waals surface area contributed by atoms with Gasteiger partial charge in [-0.15, -0.1) is 0 Å². The summed E-state index contributed by atoms with van der Waals surface area (Å²) < 4.78 is 5.55. The number of aromatic nitrogens is 4. The number of carbonyl (C=O) groups is 1. The second-order valence-corrected chi connectivity index (χ2v) is 8.16. The molecule has 0 saturated carbocycles. The number of nitrogens with zero attached hydrogens (tertiary/aromatic N) is 6. The number of primary amides is 1. The number of halogens is 1. The summed E-state index contributed by atoms with van der Waals surface area (Å²) in [6.45, 7) is 4.21. The van der Waals surface area contributed by atoms with Gasteiger partial charge in [0.05, 0.1) is 25.5 Å². The molecule has 1 saturated heterocycles. The summed E-state index contributed by atoms with van der Waals surface area (Å²) in [6, 6.07) is 6.70. The minimum atomic E-state index is -0.606. The molecule has 33 heavy (non-hydrogen) atoms. The summed E-state index contributed by atoms with van der Waals surface area (Å²) in [4.78, 5) is 33.9. The number of fused-ring (bicyclic) bond motifs is 1. The number of hydrogen-bond acceptors (Lipinski definition) is 8. The zero-order valence-electron chi connectivity index (χ0n) is 17.9. The second kappa shape index (κ2) is 9.16. The summed E-state index contributed by atoms with van der Waals surface area (Å²) >= 11 is 6.31. The van der Waals surface area contributed by atoms with Crippen molar-refractivity contribution in [2.75, 3.05) is 48.0 Å². The van der Waals surface area contributed by atoms with E-state index < -0.39 is 6.03 Å². The van der Waals surface area contributed by atoms with Crippen molar-refractivity contribution in [1.29, 1.82) is 0 Å². The highest BCUT2D eigenvalue weighted by molar-refractivity contribution is 6.31. The van der Waals surface area contributed by atoms with Gasteiger partial charge < -0.3 is 25.6 Å². The quantitative estimate of drug-likeness (QED) is 0.601. The standard InChI is InChI=1S/C22H23ClN8O2/c23-18-21(26-7-6-25-18)31-8-5-16-17(13-31)28-19(29-20(16)30-9-11-33-12-10-30)14-1-3-15(4-2-14)27-22(24)32/h1-4,6-7H,5,8-13H2,(H3,24,27,32). The molecule has 4 heterocycles.